The van der Waals surface area contributed by atoms with Gasteiger partial charge < -0.3 is 15.4 Å². The molecule has 0 aliphatic carbocycles. The Morgan fingerprint density at radius 1 is 1.31 bits per heavy atom. The van der Waals surface area contributed by atoms with Crippen molar-refractivity contribution in [3.8, 4) is 0 Å². The van der Waals surface area contributed by atoms with Crippen LogP contribution in [0.15, 0.2) is 0 Å². The van der Waals surface area contributed by atoms with Gasteiger partial charge in [-0.25, -0.2) is 4.79 Å². The minimum Gasteiger partial charge on any atom is -0.381 e. The number of ether oxygens (including phenoxy) is 1. The van der Waals surface area contributed by atoms with Crippen LogP contribution in [-0.2, 0) is 4.74 Å². The van der Waals surface area contributed by atoms with Crippen molar-refractivity contribution < 1.29 is 9.53 Å². The second-order valence-corrected chi connectivity index (χ2v) is 4.55. The van der Waals surface area contributed by atoms with Crippen LogP contribution in [0.2, 0.25) is 0 Å². The minimum atomic E-state index is -0.0705. The number of carbonyl (C=O) groups excluding carboxylic acids is 1. The minimum absolute atomic E-state index is 0.0705. The van der Waals surface area contributed by atoms with E-state index in [1.165, 1.54) is 0 Å². The van der Waals surface area contributed by atoms with Crippen LogP contribution in [0, 0.1) is 0 Å². The van der Waals surface area contributed by atoms with E-state index >= 15 is 0 Å². The summed E-state index contributed by atoms with van der Waals surface area (Å²) in [6, 6.07) is 0.895. The highest BCUT2D eigenvalue weighted by Gasteiger charge is 2.29. The molecule has 2 rings (SSSR count). The first kappa shape index (κ1) is 11.7. The number of nitrogens with one attached hydrogen (secondary N) is 2. The lowest BCUT2D eigenvalue weighted by Gasteiger charge is -2.31. The molecule has 5 nitrogen and oxygen atoms in total. The zero-order valence-electron chi connectivity index (χ0n) is 9.87. The van der Waals surface area contributed by atoms with E-state index in [0.717, 1.165) is 45.6 Å². The van der Waals surface area contributed by atoms with E-state index in [4.69, 9.17) is 4.74 Å². The van der Waals surface area contributed by atoms with Crippen molar-refractivity contribution >= 4 is 6.03 Å². The smallest absolute Gasteiger partial charge is 0.314 e. The van der Waals surface area contributed by atoms with E-state index in [2.05, 4.69) is 15.5 Å². The highest BCUT2D eigenvalue weighted by molar-refractivity contribution is 5.73. The average molecular weight is 227 g/mol. The fourth-order valence-corrected chi connectivity index (χ4v) is 2.54. The Morgan fingerprint density at radius 2 is 2.06 bits per heavy atom. The lowest BCUT2D eigenvalue weighted by Crippen LogP contribution is -2.44. The molecule has 1 atom stereocenters. The van der Waals surface area contributed by atoms with Crippen molar-refractivity contribution in [3.63, 3.8) is 0 Å². The number of amides is 2. The molecule has 0 aromatic heterocycles. The van der Waals surface area contributed by atoms with Gasteiger partial charge in [-0.15, -0.1) is 0 Å². The van der Waals surface area contributed by atoms with Gasteiger partial charge in [0.1, 0.15) is 0 Å². The zero-order chi connectivity index (χ0) is 11.4. The summed E-state index contributed by atoms with van der Waals surface area (Å²) in [6.07, 6.45) is 3.32. The second kappa shape index (κ2) is 5.50. The Kier molecular flexibility index (Phi) is 4.01. The van der Waals surface area contributed by atoms with Crippen molar-refractivity contribution in [1.29, 1.82) is 0 Å². The van der Waals surface area contributed by atoms with E-state index in [1.807, 2.05) is 0 Å². The third kappa shape index (κ3) is 2.86. The topological polar surface area (TPSA) is 53.6 Å². The lowest BCUT2D eigenvalue weighted by molar-refractivity contribution is 0.0417. The zero-order valence-corrected chi connectivity index (χ0v) is 9.87. The molecule has 2 saturated heterocycles. The molecule has 2 aliphatic rings. The number of hydrogen-bond donors (Lipinski definition) is 2. The number of carbonyl (C=O) groups is 1. The molecule has 2 N–H and O–H groups in total. The van der Waals surface area contributed by atoms with Gasteiger partial charge in [-0.1, -0.05) is 0 Å². The predicted molar refractivity (Wildman–Crippen MR) is 61.4 cm³/mol. The lowest BCUT2D eigenvalue weighted by atomic mass is 10.1. The fraction of sp³-hybridized carbons (Fsp3) is 0.909. The van der Waals surface area contributed by atoms with E-state index in [9.17, 15) is 4.79 Å². The maximum Gasteiger partial charge on any atom is 0.314 e. The van der Waals surface area contributed by atoms with Gasteiger partial charge in [0.05, 0.1) is 0 Å². The molecule has 0 saturated carbocycles. The van der Waals surface area contributed by atoms with Gasteiger partial charge in [0.15, 0.2) is 0 Å². The first-order valence-electron chi connectivity index (χ1n) is 6.09. The number of hydrogen-bond acceptors (Lipinski definition) is 3. The third-order valence-corrected chi connectivity index (χ3v) is 3.49. The average Bonchev–Trinajstić information content (AvgIpc) is 2.78. The first-order valence-corrected chi connectivity index (χ1v) is 6.09. The van der Waals surface area contributed by atoms with E-state index < -0.39 is 0 Å². The van der Waals surface area contributed by atoms with E-state index in [1.54, 1.807) is 7.05 Å². The third-order valence-electron chi connectivity index (χ3n) is 3.49. The molecule has 2 amide bonds. The summed E-state index contributed by atoms with van der Waals surface area (Å²) in [7, 11) is 1.65. The highest BCUT2D eigenvalue weighted by atomic mass is 16.5. The number of nitrogens with zero attached hydrogens (tertiary/aromatic N) is 1. The first-order chi connectivity index (χ1) is 7.79. The molecule has 0 aromatic carbocycles. The van der Waals surface area contributed by atoms with Crippen LogP contribution < -0.4 is 10.6 Å². The molecule has 0 aromatic rings. The largest absolute Gasteiger partial charge is 0.381 e. The Bertz CT molecular complexity index is 241. The number of urea groups is 1. The molecule has 5 heteroatoms. The van der Waals surface area contributed by atoms with Crippen LogP contribution >= 0.6 is 0 Å². The quantitative estimate of drug-likeness (QED) is 0.707. The molecule has 92 valence electrons. The standard InChI is InChI=1S/C11H21N3O2/c1-12-11(15)13-9-2-5-14(8-9)10-3-6-16-7-4-10/h9-10H,2-8H2,1H3,(H2,12,13,15)/t9-/m1/s1. The van der Waals surface area contributed by atoms with Crippen molar-refractivity contribution in [1.82, 2.24) is 15.5 Å². The Morgan fingerprint density at radius 3 is 2.75 bits per heavy atom. The second-order valence-electron chi connectivity index (χ2n) is 4.55. The summed E-state index contributed by atoms with van der Waals surface area (Å²) < 4.78 is 5.36. The highest BCUT2D eigenvalue weighted by Crippen LogP contribution is 2.19. The van der Waals surface area contributed by atoms with E-state index in [0.29, 0.717) is 12.1 Å². The molecule has 2 heterocycles. The molecular formula is C11H21N3O2. The van der Waals surface area contributed by atoms with Gasteiger partial charge >= 0.3 is 6.03 Å². The molecule has 16 heavy (non-hydrogen) atoms. The van der Waals surface area contributed by atoms with Crippen LogP contribution in [0.1, 0.15) is 19.3 Å². The van der Waals surface area contributed by atoms with Gasteiger partial charge in [-0.05, 0) is 19.3 Å². The van der Waals surface area contributed by atoms with Gasteiger partial charge in [0.25, 0.3) is 0 Å². The van der Waals surface area contributed by atoms with Crippen LogP contribution in [0.5, 0.6) is 0 Å². The van der Waals surface area contributed by atoms with Crippen molar-refractivity contribution in [3.05, 3.63) is 0 Å². The Hall–Kier alpha value is -0.810. The molecule has 0 bridgehead atoms. The van der Waals surface area contributed by atoms with Crippen LogP contribution in [0.25, 0.3) is 0 Å². The Labute approximate surface area is 96.5 Å². The SMILES string of the molecule is CNC(=O)N[C@@H]1CCN(C2CCOCC2)C1. The van der Waals surface area contributed by atoms with Gasteiger partial charge in [-0.2, -0.15) is 0 Å². The van der Waals surface area contributed by atoms with Crippen molar-refractivity contribution in [2.24, 2.45) is 0 Å². The monoisotopic (exact) mass is 227 g/mol. The summed E-state index contributed by atoms with van der Waals surface area (Å²) >= 11 is 0. The van der Waals surface area contributed by atoms with Crippen molar-refractivity contribution in [2.75, 3.05) is 33.4 Å². The molecule has 2 aliphatic heterocycles. The van der Waals surface area contributed by atoms with Crippen LogP contribution in [-0.4, -0.2) is 56.4 Å². The fourth-order valence-electron chi connectivity index (χ4n) is 2.54. The molecular weight excluding hydrogens is 206 g/mol. The Balaban J connectivity index is 1.76. The van der Waals surface area contributed by atoms with Gasteiger partial charge in [-0.3, -0.25) is 4.90 Å². The van der Waals surface area contributed by atoms with Gasteiger partial charge in [0, 0.05) is 45.4 Å². The maximum atomic E-state index is 11.2. The normalized spacial score (nSPS) is 27.9. The molecule has 2 fully saturated rings. The number of likely N-dealkylation sites (tertiary alicyclic amines) is 1. The summed E-state index contributed by atoms with van der Waals surface area (Å²) in [5.74, 6) is 0. The predicted octanol–water partition coefficient (Wildman–Crippen LogP) is 0.169. The van der Waals surface area contributed by atoms with Crippen LogP contribution in [0.3, 0.4) is 0 Å². The summed E-state index contributed by atoms with van der Waals surface area (Å²) in [5, 5.41) is 5.57. The van der Waals surface area contributed by atoms with Crippen molar-refractivity contribution in [2.45, 2.75) is 31.3 Å². The van der Waals surface area contributed by atoms with Gasteiger partial charge in [0.2, 0.25) is 0 Å². The molecule has 0 unspecified atom stereocenters. The maximum absolute atomic E-state index is 11.2. The van der Waals surface area contributed by atoms with E-state index in [-0.39, 0.29) is 6.03 Å². The summed E-state index contributed by atoms with van der Waals surface area (Å²) in [4.78, 5) is 13.7. The molecule has 0 radical (unpaired) electrons. The summed E-state index contributed by atoms with van der Waals surface area (Å²) in [6.45, 7) is 3.85. The molecule has 0 spiro atoms. The summed E-state index contributed by atoms with van der Waals surface area (Å²) in [5.41, 5.74) is 0. The van der Waals surface area contributed by atoms with Crippen LogP contribution in [0.4, 0.5) is 4.79 Å². The number of rotatable bonds is 2.